The molecule has 39 heavy (non-hydrogen) atoms. The molecule has 0 bridgehead atoms. The van der Waals surface area contributed by atoms with Crippen LogP contribution >= 0.6 is 0 Å². The van der Waals surface area contributed by atoms with Gasteiger partial charge in [-0.05, 0) is 6.42 Å². The third-order valence-corrected chi connectivity index (χ3v) is 8.88. The van der Waals surface area contributed by atoms with Crippen LogP contribution in [0.3, 0.4) is 0 Å². The Balaban J connectivity index is 3.05. The lowest BCUT2D eigenvalue weighted by molar-refractivity contribution is -0.127. The Morgan fingerprint density at radius 1 is 0.359 bits per heavy atom. The van der Waals surface area contributed by atoms with Gasteiger partial charge >= 0.3 is 0 Å². The predicted octanol–water partition coefficient (Wildman–Crippen LogP) is 13.0. The molecule has 0 aliphatic rings. The highest BCUT2D eigenvalue weighted by atomic mass is 16.2. The number of amides is 1. The summed E-state index contributed by atoms with van der Waals surface area (Å²) in [5.74, 6) is 0.191. The van der Waals surface area contributed by atoms with Crippen molar-refractivity contribution in [3.05, 3.63) is 0 Å². The van der Waals surface area contributed by atoms with Crippen LogP contribution in [-0.4, -0.2) is 24.4 Å². The molecule has 0 atom stereocenters. The molecule has 234 valence electrons. The Labute approximate surface area is 248 Å². The molecular weight excluding hydrogens is 474 g/mol. The van der Waals surface area contributed by atoms with Crippen LogP contribution in [0.1, 0.15) is 219 Å². The zero-order chi connectivity index (χ0) is 28.5. The molecule has 2 nitrogen and oxygen atoms in total. The molecule has 0 aromatic rings. The van der Waals surface area contributed by atoms with Gasteiger partial charge in [-0.3, -0.25) is 4.79 Å². The second-order valence-corrected chi connectivity index (χ2v) is 12.9. The zero-order valence-electron chi connectivity index (χ0n) is 27.7. The summed E-state index contributed by atoms with van der Waals surface area (Å²) in [6, 6.07) is 0. The molecule has 0 unspecified atom stereocenters. The summed E-state index contributed by atoms with van der Waals surface area (Å²) < 4.78 is 0. The van der Waals surface area contributed by atoms with Crippen LogP contribution in [0.4, 0.5) is 0 Å². The third-order valence-electron chi connectivity index (χ3n) is 8.88. The summed E-state index contributed by atoms with van der Waals surface area (Å²) in [5, 5.41) is 0. The van der Waals surface area contributed by atoms with E-state index in [-0.39, 0.29) is 5.91 Å². The monoisotopic (exact) mass is 550 g/mol. The summed E-state index contributed by atoms with van der Waals surface area (Å²) in [7, 11) is 1.91. The van der Waals surface area contributed by atoms with Crippen molar-refractivity contribution in [2.45, 2.75) is 219 Å². The lowest BCUT2D eigenvalue weighted by atomic mass is 10.0. The van der Waals surface area contributed by atoms with Gasteiger partial charge in [0.15, 0.2) is 0 Å². The van der Waals surface area contributed by atoms with Crippen LogP contribution in [0.25, 0.3) is 0 Å². The van der Waals surface area contributed by atoms with Gasteiger partial charge < -0.3 is 4.90 Å². The number of unbranched alkanes of at least 4 members (excludes halogenated alkanes) is 31. The van der Waals surface area contributed by atoms with E-state index in [1.54, 1.807) is 6.92 Å². The first-order valence-electron chi connectivity index (χ1n) is 18.4. The van der Waals surface area contributed by atoms with Crippen LogP contribution in [0, 0.1) is 0 Å². The lowest BCUT2D eigenvalue weighted by Gasteiger charge is -2.13. The molecule has 0 saturated heterocycles. The van der Waals surface area contributed by atoms with E-state index in [9.17, 15) is 4.79 Å². The van der Waals surface area contributed by atoms with Gasteiger partial charge in [0, 0.05) is 20.5 Å². The number of nitrogens with zero attached hydrogens (tertiary/aromatic N) is 1. The standard InChI is InChI=1S/C37H75NO/c1-4-5-6-7-8-9-10-11-12-13-14-15-16-17-18-19-20-21-22-23-24-25-26-27-28-29-30-31-32-33-34-35-36-38(3)37(2)39/h4-36H2,1-3H3. The lowest BCUT2D eigenvalue weighted by Crippen LogP contribution is -2.24. The van der Waals surface area contributed by atoms with Crippen molar-refractivity contribution in [2.75, 3.05) is 13.6 Å². The van der Waals surface area contributed by atoms with Crippen molar-refractivity contribution in [1.29, 1.82) is 0 Å². The fraction of sp³-hybridized carbons (Fsp3) is 0.973. The Hall–Kier alpha value is -0.530. The summed E-state index contributed by atoms with van der Waals surface area (Å²) >= 11 is 0. The molecule has 0 N–H and O–H groups in total. The van der Waals surface area contributed by atoms with Gasteiger partial charge in [0.25, 0.3) is 0 Å². The average molecular weight is 550 g/mol. The maximum Gasteiger partial charge on any atom is 0.219 e. The fourth-order valence-electron chi connectivity index (χ4n) is 5.88. The average Bonchev–Trinajstić information content (AvgIpc) is 2.93. The van der Waals surface area contributed by atoms with Crippen LogP contribution in [0.15, 0.2) is 0 Å². The summed E-state index contributed by atoms with van der Waals surface area (Å²) in [5.41, 5.74) is 0. The summed E-state index contributed by atoms with van der Waals surface area (Å²) in [6.45, 7) is 4.89. The molecule has 1 amide bonds. The minimum Gasteiger partial charge on any atom is -0.346 e. The van der Waals surface area contributed by atoms with Gasteiger partial charge in [-0.15, -0.1) is 0 Å². The molecule has 0 saturated carbocycles. The minimum absolute atomic E-state index is 0.191. The number of carbonyl (C=O) groups excluding carboxylic acids is 1. The van der Waals surface area contributed by atoms with Gasteiger partial charge in [0.1, 0.15) is 0 Å². The van der Waals surface area contributed by atoms with Crippen LogP contribution in [0.5, 0.6) is 0 Å². The van der Waals surface area contributed by atoms with Crippen molar-refractivity contribution in [1.82, 2.24) is 4.90 Å². The Morgan fingerprint density at radius 3 is 0.718 bits per heavy atom. The first kappa shape index (κ1) is 38.5. The molecular formula is C37H75NO. The molecule has 0 aliphatic heterocycles. The van der Waals surface area contributed by atoms with E-state index in [0.717, 1.165) is 13.0 Å². The third kappa shape index (κ3) is 33.6. The maximum atomic E-state index is 11.2. The van der Waals surface area contributed by atoms with E-state index in [1.165, 1.54) is 199 Å². The first-order chi connectivity index (χ1) is 19.2. The Bertz CT molecular complexity index is 462. The van der Waals surface area contributed by atoms with Crippen LogP contribution in [0.2, 0.25) is 0 Å². The minimum atomic E-state index is 0.191. The van der Waals surface area contributed by atoms with Gasteiger partial charge in [-0.25, -0.2) is 0 Å². The Morgan fingerprint density at radius 2 is 0.538 bits per heavy atom. The van der Waals surface area contributed by atoms with E-state index in [1.807, 2.05) is 11.9 Å². The van der Waals surface area contributed by atoms with Crippen LogP contribution < -0.4 is 0 Å². The molecule has 0 fully saturated rings. The van der Waals surface area contributed by atoms with E-state index in [0.29, 0.717) is 0 Å². The van der Waals surface area contributed by atoms with E-state index in [2.05, 4.69) is 6.92 Å². The molecule has 0 aromatic heterocycles. The Kier molecular flexibility index (Phi) is 33.2. The molecule has 2 heteroatoms. The van der Waals surface area contributed by atoms with Crippen molar-refractivity contribution < 1.29 is 4.79 Å². The topological polar surface area (TPSA) is 20.3 Å². The first-order valence-corrected chi connectivity index (χ1v) is 18.4. The quantitative estimate of drug-likeness (QED) is 0.0745. The maximum absolute atomic E-state index is 11.2. The zero-order valence-corrected chi connectivity index (χ0v) is 27.7. The van der Waals surface area contributed by atoms with Gasteiger partial charge in [0.05, 0.1) is 0 Å². The van der Waals surface area contributed by atoms with E-state index < -0.39 is 0 Å². The number of carbonyl (C=O) groups is 1. The molecule has 0 radical (unpaired) electrons. The molecule has 0 spiro atoms. The highest BCUT2D eigenvalue weighted by molar-refractivity contribution is 5.72. The predicted molar refractivity (Wildman–Crippen MR) is 177 cm³/mol. The van der Waals surface area contributed by atoms with Gasteiger partial charge in [0.2, 0.25) is 5.91 Å². The van der Waals surface area contributed by atoms with E-state index in [4.69, 9.17) is 0 Å². The van der Waals surface area contributed by atoms with Crippen LogP contribution in [-0.2, 0) is 4.79 Å². The summed E-state index contributed by atoms with van der Waals surface area (Å²) in [6.07, 6.45) is 46.2. The summed E-state index contributed by atoms with van der Waals surface area (Å²) in [4.78, 5) is 13.0. The number of rotatable bonds is 33. The molecule has 0 aliphatic carbocycles. The van der Waals surface area contributed by atoms with Gasteiger partial charge in [-0.1, -0.05) is 206 Å². The van der Waals surface area contributed by atoms with E-state index >= 15 is 0 Å². The highest BCUT2D eigenvalue weighted by Crippen LogP contribution is 2.16. The molecule has 0 rings (SSSR count). The number of hydrogen-bond donors (Lipinski definition) is 0. The SMILES string of the molecule is CCCCCCCCCCCCCCCCCCCCCCCCCCCCCCCCCCN(C)C(C)=O. The smallest absolute Gasteiger partial charge is 0.219 e. The van der Waals surface area contributed by atoms with Crippen molar-refractivity contribution >= 4 is 5.91 Å². The highest BCUT2D eigenvalue weighted by Gasteiger charge is 2.01. The second kappa shape index (κ2) is 33.7. The number of hydrogen-bond acceptors (Lipinski definition) is 1. The molecule has 0 aromatic carbocycles. The van der Waals surface area contributed by atoms with Crippen molar-refractivity contribution in [3.63, 3.8) is 0 Å². The second-order valence-electron chi connectivity index (χ2n) is 12.9. The van der Waals surface area contributed by atoms with Gasteiger partial charge in [-0.2, -0.15) is 0 Å². The van der Waals surface area contributed by atoms with Crippen molar-refractivity contribution in [2.24, 2.45) is 0 Å². The fourth-order valence-corrected chi connectivity index (χ4v) is 5.88. The molecule has 0 heterocycles. The largest absolute Gasteiger partial charge is 0.346 e. The van der Waals surface area contributed by atoms with Crippen molar-refractivity contribution in [3.8, 4) is 0 Å². The normalized spacial score (nSPS) is 11.4.